The molecule has 0 saturated heterocycles. The molecule has 0 aliphatic rings. The first-order valence-corrected chi connectivity index (χ1v) is 0.928. The van der Waals surface area contributed by atoms with Gasteiger partial charge >= 0.3 is 0 Å². The van der Waals surface area contributed by atoms with Gasteiger partial charge in [-0.1, -0.05) is 0 Å². The number of hydrogen-bond donors (Lipinski definition) is 1. The van der Waals surface area contributed by atoms with Gasteiger partial charge in [-0.2, -0.15) is 0 Å². The molecule has 0 atom stereocenters. The van der Waals surface area contributed by atoms with E-state index in [4.69, 9.17) is 9.90 Å². The Morgan fingerprint density at radius 1 is 1.11 bits per heavy atom. The molecule has 0 aromatic carbocycles. The summed E-state index contributed by atoms with van der Waals surface area (Å²) in [7, 11) is 0. The van der Waals surface area contributed by atoms with Gasteiger partial charge in [0.05, 0.1) is 0 Å². The van der Waals surface area contributed by atoms with Crippen molar-refractivity contribution < 1.29 is 51.3 Å². The molecule has 9 N–H and O–H groups in total. The fraction of sp³-hybridized carbons (Fsp3) is 0.500. The third kappa shape index (κ3) is 62900. The van der Waals surface area contributed by atoms with Gasteiger partial charge in [0.25, 0.3) is 5.97 Å². The maximum Gasteiger partial charge on any atom is 0.300 e. The number of carboxylic acid groups (broad SMARTS) is 1. The van der Waals surface area contributed by atoms with Crippen molar-refractivity contribution in [2.24, 2.45) is 0 Å². The van der Waals surface area contributed by atoms with E-state index in [0.29, 0.717) is 0 Å². The van der Waals surface area contributed by atoms with E-state index in [1.807, 2.05) is 0 Å². The fourth-order valence-corrected chi connectivity index (χ4v) is 0. The molecule has 0 amide bonds. The minimum absolute atomic E-state index is 0. The van der Waals surface area contributed by atoms with Gasteiger partial charge in [0.2, 0.25) is 0 Å². The van der Waals surface area contributed by atoms with Crippen molar-refractivity contribution in [3.05, 3.63) is 0 Å². The summed E-state index contributed by atoms with van der Waals surface area (Å²) in [5.74, 6) is -0.833. The molecule has 0 unspecified atom stereocenters. The van der Waals surface area contributed by atoms with Crippen LogP contribution in [0, 0.1) is 0 Å². The second-order valence-electron chi connectivity index (χ2n) is 0.519. The van der Waals surface area contributed by atoms with Crippen LogP contribution in [0.2, 0.25) is 0 Å². The molecule has 0 saturated carbocycles. The first-order chi connectivity index (χ1) is 1.73. The number of hydrogen-bond acceptors (Lipinski definition) is 1. The number of carboxylic acids is 1. The molecule has 0 fully saturated rings. The maximum atomic E-state index is 9.00. The molecule has 0 aliphatic heterocycles. The largest absolute Gasteiger partial charge is 0.481 e. The second-order valence-corrected chi connectivity index (χ2v) is 0.519. The zero-order chi connectivity index (χ0) is 3.58. The van der Waals surface area contributed by atoms with Crippen LogP contribution in [-0.4, -0.2) is 33.0 Å². The Morgan fingerprint density at radius 3 is 1.11 bits per heavy atom. The SMILES string of the molecule is CC(=O)O.O.O.O.O.[Zn]. The van der Waals surface area contributed by atoms with E-state index < -0.39 is 5.97 Å². The smallest absolute Gasteiger partial charge is 0.300 e. The number of carbonyl (C=O) groups is 1. The summed E-state index contributed by atoms with van der Waals surface area (Å²) in [6.07, 6.45) is 0. The average molecular weight is 198 g/mol. The minimum atomic E-state index is -0.833. The van der Waals surface area contributed by atoms with Crippen molar-refractivity contribution in [2.45, 2.75) is 6.92 Å². The van der Waals surface area contributed by atoms with Crippen LogP contribution >= 0.6 is 0 Å². The minimum Gasteiger partial charge on any atom is -0.481 e. The first kappa shape index (κ1) is 65.3. The van der Waals surface area contributed by atoms with Gasteiger partial charge < -0.3 is 27.0 Å². The van der Waals surface area contributed by atoms with E-state index in [2.05, 4.69) is 0 Å². The molecule has 0 radical (unpaired) electrons. The van der Waals surface area contributed by atoms with Gasteiger partial charge in [-0.25, -0.2) is 0 Å². The van der Waals surface area contributed by atoms with Crippen LogP contribution in [0.1, 0.15) is 6.92 Å². The summed E-state index contributed by atoms with van der Waals surface area (Å²) >= 11 is 0. The number of aliphatic carboxylic acids is 1. The van der Waals surface area contributed by atoms with Gasteiger partial charge in [0.15, 0.2) is 0 Å². The van der Waals surface area contributed by atoms with Crippen LogP contribution in [0.25, 0.3) is 0 Å². The monoisotopic (exact) mass is 196 g/mol. The first-order valence-electron chi connectivity index (χ1n) is 0.928. The average Bonchev–Trinajstić information content (AvgIpc) is 0.811. The molecule has 9 heavy (non-hydrogen) atoms. The molecule has 0 bridgehead atoms. The Labute approximate surface area is 64.9 Å². The van der Waals surface area contributed by atoms with E-state index >= 15 is 0 Å². The summed E-state index contributed by atoms with van der Waals surface area (Å²) in [6.45, 7) is 1.08. The summed E-state index contributed by atoms with van der Waals surface area (Å²) in [4.78, 5) is 9.00. The zero-order valence-corrected chi connectivity index (χ0v) is 8.03. The molecular weight excluding hydrogens is 185 g/mol. The standard InChI is InChI=1S/C2H4O2.4H2O.Zn/c1-2(3)4;;;;;/h1H3,(H,3,4);4*1H2;. The van der Waals surface area contributed by atoms with Crippen LogP contribution in [0.15, 0.2) is 0 Å². The predicted octanol–water partition coefficient (Wildman–Crippen LogP) is -3.21. The summed E-state index contributed by atoms with van der Waals surface area (Å²) in [5.41, 5.74) is 0. The quantitative estimate of drug-likeness (QED) is 0.404. The maximum absolute atomic E-state index is 9.00. The van der Waals surface area contributed by atoms with E-state index in [1.165, 1.54) is 0 Å². The topological polar surface area (TPSA) is 163 Å². The molecule has 7 heteroatoms. The van der Waals surface area contributed by atoms with E-state index in [9.17, 15) is 0 Å². The van der Waals surface area contributed by atoms with Crippen molar-refractivity contribution in [3.8, 4) is 0 Å². The third-order valence-corrected chi connectivity index (χ3v) is 0. The van der Waals surface area contributed by atoms with E-state index in [0.717, 1.165) is 6.92 Å². The normalized spacial score (nSPS) is 2.78. The van der Waals surface area contributed by atoms with Gasteiger partial charge in [-0.3, -0.25) is 4.79 Å². The Hall–Kier alpha value is -0.0666. The van der Waals surface area contributed by atoms with Crippen LogP contribution in [0.4, 0.5) is 0 Å². The molecule has 0 spiro atoms. The zero-order valence-electron chi connectivity index (χ0n) is 5.06. The Morgan fingerprint density at radius 2 is 1.11 bits per heavy atom. The molecule has 6 nitrogen and oxygen atoms in total. The van der Waals surface area contributed by atoms with E-state index in [1.54, 1.807) is 0 Å². The molecule has 58 valence electrons. The van der Waals surface area contributed by atoms with Crippen molar-refractivity contribution in [2.75, 3.05) is 0 Å². The summed E-state index contributed by atoms with van der Waals surface area (Å²) in [5, 5.41) is 7.42. The van der Waals surface area contributed by atoms with Crippen molar-refractivity contribution in [3.63, 3.8) is 0 Å². The number of rotatable bonds is 0. The van der Waals surface area contributed by atoms with Gasteiger partial charge in [0, 0.05) is 26.4 Å². The molecule has 0 aliphatic carbocycles. The molecule has 0 rings (SSSR count). The Bertz CT molecular complexity index is 34.0. The fourth-order valence-electron chi connectivity index (χ4n) is 0. The van der Waals surface area contributed by atoms with Gasteiger partial charge in [-0.15, -0.1) is 0 Å². The van der Waals surface area contributed by atoms with Crippen molar-refractivity contribution >= 4 is 5.97 Å². The van der Waals surface area contributed by atoms with Crippen LogP contribution in [0.3, 0.4) is 0 Å². The van der Waals surface area contributed by atoms with Gasteiger partial charge in [0.1, 0.15) is 0 Å². The van der Waals surface area contributed by atoms with Crippen molar-refractivity contribution in [1.82, 2.24) is 0 Å². The third-order valence-electron chi connectivity index (χ3n) is 0. The summed E-state index contributed by atoms with van der Waals surface area (Å²) in [6, 6.07) is 0. The van der Waals surface area contributed by atoms with Crippen LogP contribution in [-0.2, 0) is 24.3 Å². The Kier molecular flexibility index (Phi) is 322. The van der Waals surface area contributed by atoms with Crippen LogP contribution < -0.4 is 0 Å². The molecule has 0 aromatic heterocycles. The second kappa shape index (κ2) is 44.3. The van der Waals surface area contributed by atoms with E-state index in [-0.39, 0.29) is 41.4 Å². The summed E-state index contributed by atoms with van der Waals surface area (Å²) < 4.78 is 0. The molecule has 0 aromatic rings. The van der Waals surface area contributed by atoms with Crippen LogP contribution in [0.5, 0.6) is 0 Å². The Balaban J connectivity index is -0.00000000450. The molecule has 0 heterocycles. The van der Waals surface area contributed by atoms with Gasteiger partial charge in [-0.05, 0) is 0 Å². The van der Waals surface area contributed by atoms with Crippen molar-refractivity contribution in [1.29, 1.82) is 0 Å². The molecular formula is C2H12O6Zn. The predicted molar refractivity (Wildman–Crippen MR) is 27.8 cm³/mol.